The van der Waals surface area contributed by atoms with Gasteiger partial charge in [0.2, 0.25) is 15.9 Å². The van der Waals surface area contributed by atoms with Crippen LogP contribution in [0.2, 0.25) is 0 Å². The van der Waals surface area contributed by atoms with Crippen LogP contribution < -0.4 is 15.4 Å². The summed E-state index contributed by atoms with van der Waals surface area (Å²) in [6.07, 6.45) is 4.73. The van der Waals surface area contributed by atoms with Gasteiger partial charge in [0.25, 0.3) is 0 Å². The van der Waals surface area contributed by atoms with Gasteiger partial charge in [-0.2, -0.15) is 0 Å². The molecule has 1 amide bonds. The first-order valence-electron chi connectivity index (χ1n) is 11.2. The largest absolute Gasteiger partial charge is 0.380 e. The molecule has 0 heterocycles. The Morgan fingerprint density at radius 2 is 1.71 bits per heavy atom. The SMILES string of the molecule is CC(=O)Nc1ccc(CCOCCNCC2CCC(NS(=O)(=O)C(C)(C)C)CC2)cc1. The summed E-state index contributed by atoms with van der Waals surface area (Å²) in [6, 6.07) is 7.88. The topological polar surface area (TPSA) is 96.5 Å². The third-order valence-corrected chi connectivity index (χ3v) is 7.90. The van der Waals surface area contributed by atoms with Crippen LogP contribution in [0.3, 0.4) is 0 Å². The molecule has 1 fully saturated rings. The molecule has 2 rings (SSSR count). The van der Waals surface area contributed by atoms with Crippen LogP contribution >= 0.6 is 0 Å². The summed E-state index contributed by atoms with van der Waals surface area (Å²) in [5, 5.41) is 6.22. The van der Waals surface area contributed by atoms with E-state index in [-0.39, 0.29) is 11.9 Å². The second-order valence-electron chi connectivity index (χ2n) is 9.40. The second kappa shape index (κ2) is 11.9. The minimum Gasteiger partial charge on any atom is -0.380 e. The van der Waals surface area contributed by atoms with Crippen molar-refractivity contribution in [1.29, 1.82) is 0 Å². The number of benzene rings is 1. The molecule has 0 aromatic heterocycles. The molecule has 1 aliphatic rings. The molecule has 7 nitrogen and oxygen atoms in total. The Kier molecular flexibility index (Phi) is 9.93. The molecular formula is C23H39N3O4S. The molecule has 0 spiro atoms. The Labute approximate surface area is 187 Å². The molecule has 3 N–H and O–H groups in total. The van der Waals surface area contributed by atoms with Crippen LogP contribution in [0.4, 0.5) is 5.69 Å². The predicted molar refractivity (Wildman–Crippen MR) is 126 cm³/mol. The molecule has 1 aromatic rings. The lowest BCUT2D eigenvalue weighted by Gasteiger charge is -2.31. The fourth-order valence-corrected chi connectivity index (χ4v) is 4.61. The van der Waals surface area contributed by atoms with Gasteiger partial charge in [0.15, 0.2) is 0 Å². The highest BCUT2D eigenvalue weighted by Crippen LogP contribution is 2.25. The molecule has 0 unspecified atom stereocenters. The Balaban J connectivity index is 1.52. The predicted octanol–water partition coefficient (Wildman–Crippen LogP) is 3.07. The molecule has 1 saturated carbocycles. The van der Waals surface area contributed by atoms with Crippen LogP contribution in [0.1, 0.15) is 58.9 Å². The lowest BCUT2D eigenvalue weighted by Crippen LogP contribution is -2.46. The third kappa shape index (κ3) is 9.27. The number of hydrogen-bond acceptors (Lipinski definition) is 5. The summed E-state index contributed by atoms with van der Waals surface area (Å²) in [5.74, 6) is 0.527. The zero-order valence-corrected chi connectivity index (χ0v) is 20.2. The van der Waals surface area contributed by atoms with Crippen LogP contribution in [-0.2, 0) is 26.0 Å². The fourth-order valence-electron chi connectivity index (χ4n) is 3.58. The summed E-state index contributed by atoms with van der Waals surface area (Å²) in [6.45, 7) is 9.80. The molecule has 1 aliphatic carbocycles. The molecule has 176 valence electrons. The number of ether oxygens (including phenoxy) is 1. The molecule has 1 aromatic carbocycles. The van der Waals surface area contributed by atoms with E-state index < -0.39 is 14.8 Å². The van der Waals surface area contributed by atoms with Gasteiger partial charge in [-0.25, -0.2) is 13.1 Å². The Bertz CT molecular complexity index is 780. The highest BCUT2D eigenvalue weighted by atomic mass is 32.2. The normalized spacial score (nSPS) is 19.9. The summed E-state index contributed by atoms with van der Waals surface area (Å²) in [5.41, 5.74) is 1.99. The van der Waals surface area contributed by atoms with E-state index in [4.69, 9.17) is 4.74 Å². The van der Waals surface area contributed by atoms with Gasteiger partial charge in [-0.05, 0) is 83.0 Å². The van der Waals surface area contributed by atoms with Crippen LogP contribution in [-0.4, -0.2) is 51.4 Å². The van der Waals surface area contributed by atoms with E-state index in [1.807, 2.05) is 24.3 Å². The number of anilines is 1. The van der Waals surface area contributed by atoms with Gasteiger partial charge in [0.1, 0.15) is 0 Å². The lowest BCUT2D eigenvalue weighted by atomic mass is 9.86. The molecule has 0 atom stereocenters. The molecule has 0 saturated heterocycles. The zero-order valence-electron chi connectivity index (χ0n) is 19.4. The standard InChI is InChI=1S/C23H39N3O4S/c1-18(27)25-21-9-5-19(6-10-21)13-15-30-16-14-24-17-20-7-11-22(12-8-20)26-31(28,29)23(2,3)4/h5-6,9-10,20,22,24,26H,7-8,11-17H2,1-4H3,(H,25,27). The summed E-state index contributed by atoms with van der Waals surface area (Å²) >= 11 is 0. The first kappa shape index (κ1) is 25.8. The van der Waals surface area contributed by atoms with Crippen molar-refractivity contribution in [3.05, 3.63) is 29.8 Å². The van der Waals surface area contributed by atoms with Crippen molar-refractivity contribution in [3.63, 3.8) is 0 Å². The van der Waals surface area contributed by atoms with Gasteiger partial charge in [0, 0.05) is 25.2 Å². The molecule has 8 heteroatoms. The second-order valence-corrected chi connectivity index (χ2v) is 11.9. The number of amides is 1. The van der Waals surface area contributed by atoms with Gasteiger partial charge >= 0.3 is 0 Å². The fraction of sp³-hybridized carbons (Fsp3) is 0.696. The van der Waals surface area contributed by atoms with Gasteiger partial charge in [-0.3, -0.25) is 4.79 Å². The van der Waals surface area contributed by atoms with Crippen molar-refractivity contribution >= 4 is 21.6 Å². The van der Waals surface area contributed by atoms with E-state index in [2.05, 4.69) is 15.4 Å². The van der Waals surface area contributed by atoms with E-state index in [9.17, 15) is 13.2 Å². The van der Waals surface area contributed by atoms with Crippen molar-refractivity contribution in [1.82, 2.24) is 10.0 Å². The molecule has 0 aliphatic heterocycles. The first-order valence-corrected chi connectivity index (χ1v) is 12.7. The number of sulfonamides is 1. The van der Waals surface area contributed by atoms with Gasteiger partial charge in [-0.1, -0.05) is 12.1 Å². The van der Waals surface area contributed by atoms with Crippen LogP contribution in [0.25, 0.3) is 0 Å². The van der Waals surface area contributed by atoms with E-state index in [1.165, 1.54) is 12.5 Å². The van der Waals surface area contributed by atoms with Crippen molar-refractivity contribution in [2.45, 2.75) is 70.6 Å². The Hall–Kier alpha value is -1.48. The quantitative estimate of drug-likeness (QED) is 0.448. The van der Waals surface area contributed by atoms with E-state index >= 15 is 0 Å². The summed E-state index contributed by atoms with van der Waals surface area (Å²) in [4.78, 5) is 11.0. The average molecular weight is 454 g/mol. The van der Waals surface area contributed by atoms with Gasteiger partial charge < -0.3 is 15.4 Å². The number of carbonyl (C=O) groups excluding carboxylic acids is 1. The van der Waals surface area contributed by atoms with E-state index in [1.54, 1.807) is 20.8 Å². The number of carbonyl (C=O) groups is 1. The first-order chi connectivity index (χ1) is 14.6. The van der Waals surface area contributed by atoms with Crippen LogP contribution in [0, 0.1) is 5.92 Å². The Morgan fingerprint density at radius 3 is 2.29 bits per heavy atom. The van der Waals surface area contributed by atoms with Crippen molar-refractivity contribution in [2.75, 3.05) is 31.6 Å². The number of hydrogen-bond donors (Lipinski definition) is 3. The zero-order chi connectivity index (χ0) is 22.9. The Morgan fingerprint density at radius 1 is 1.06 bits per heavy atom. The van der Waals surface area contributed by atoms with Crippen LogP contribution in [0.15, 0.2) is 24.3 Å². The van der Waals surface area contributed by atoms with Crippen molar-refractivity contribution < 1.29 is 17.9 Å². The van der Waals surface area contributed by atoms with Crippen molar-refractivity contribution in [2.24, 2.45) is 5.92 Å². The number of rotatable bonds is 11. The van der Waals surface area contributed by atoms with Crippen molar-refractivity contribution in [3.8, 4) is 0 Å². The highest BCUT2D eigenvalue weighted by molar-refractivity contribution is 7.90. The highest BCUT2D eigenvalue weighted by Gasteiger charge is 2.32. The molecule has 31 heavy (non-hydrogen) atoms. The maximum atomic E-state index is 12.3. The number of nitrogens with one attached hydrogen (secondary N) is 3. The smallest absolute Gasteiger partial charge is 0.221 e. The van der Waals surface area contributed by atoms with Gasteiger partial charge in [-0.15, -0.1) is 0 Å². The average Bonchev–Trinajstić information content (AvgIpc) is 2.68. The minimum absolute atomic E-state index is 0.0658. The summed E-state index contributed by atoms with van der Waals surface area (Å²) < 4.78 is 32.4. The third-order valence-electron chi connectivity index (χ3n) is 5.64. The monoisotopic (exact) mass is 453 g/mol. The molecule has 0 bridgehead atoms. The van der Waals surface area contributed by atoms with Crippen LogP contribution in [0.5, 0.6) is 0 Å². The van der Waals surface area contributed by atoms with E-state index in [0.717, 1.165) is 50.9 Å². The van der Waals surface area contributed by atoms with Gasteiger partial charge in [0.05, 0.1) is 18.0 Å². The molecule has 0 radical (unpaired) electrons. The minimum atomic E-state index is -3.27. The summed E-state index contributed by atoms with van der Waals surface area (Å²) in [7, 11) is -3.27. The molecular weight excluding hydrogens is 414 g/mol. The lowest BCUT2D eigenvalue weighted by molar-refractivity contribution is -0.114. The maximum absolute atomic E-state index is 12.3. The maximum Gasteiger partial charge on any atom is 0.221 e. The van der Waals surface area contributed by atoms with E-state index in [0.29, 0.717) is 19.1 Å².